The third kappa shape index (κ3) is 73.4. The van der Waals surface area contributed by atoms with Crippen molar-refractivity contribution < 1.29 is 24.5 Å². The van der Waals surface area contributed by atoms with Gasteiger partial charge in [-0.15, -0.1) is 0 Å². The van der Waals surface area contributed by atoms with Crippen LogP contribution in [0.25, 0.3) is 0 Å². The Morgan fingerprint density at radius 3 is 0.886 bits per heavy atom. The smallest absolute Gasteiger partial charge is 0.305 e. The molecule has 0 fully saturated rings. The third-order valence-corrected chi connectivity index (χ3v) is 19.3. The van der Waals surface area contributed by atoms with Crippen LogP contribution in [0.5, 0.6) is 0 Å². The highest BCUT2D eigenvalue weighted by Gasteiger charge is 2.20. The van der Waals surface area contributed by atoms with E-state index >= 15 is 0 Å². The fraction of sp³-hybridized carbons (Fsp3) is 0.927. The molecular formula is C82H159NO5. The Morgan fingerprint density at radius 2 is 0.568 bits per heavy atom. The van der Waals surface area contributed by atoms with E-state index in [1.165, 1.54) is 385 Å². The summed E-state index contributed by atoms with van der Waals surface area (Å²) in [4.78, 5) is 24.6. The summed E-state index contributed by atoms with van der Waals surface area (Å²) in [5.74, 6) is -0.00486. The summed E-state index contributed by atoms with van der Waals surface area (Å²) in [6, 6.07) is -0.535. The number of ether oxygens (including phenoxy) is 1. The Morgan fingerprint density at radius 1 is 0.318 bits per heavy atom. The van der Waals surface area contributed by atoms with Gasteiger partial charge in [0.25, 0.3) is 0 Å². The van der Waals surface area contributed by atoms with Crippen LogP contribution in [0.2, 0.25) is 0 Å². The summed E-state index contributed by atoms with van der Waals surface area (Å²) in [6.07, 6.45) is 100. The van der Waals surface area contributed by atoms with Gasteiger partial charge in [0.05, 0.1) is 25.4 Å². The average Bonchev–Trinajstić information content (AvgIpc) is 3.54. The van der Waals surface area contributed by atoms with Gasteiger partial charge in [0.15, 0.2) is 0 Å². The van der Waals surface area contributed by atoms with Crippen molar-refractivity contribution in [2.75, 3.05) is 13.2 Å². The number of carbonyl (C=O) groups is 2. The number of unbranched alkanes of at least 4 members (excludes halogenated alkanes) is 62. The number of amides is 1. The molecule has 0 saturated carbocycles. The molecule has 522 valence electrons. The number of allylic oxidation sites excluding steroid dienone is 4. The van der Waals surface area contributed by atoms with Gasteiger partial charge in [-0.25, -0.2) is 0 Å². The second-order valence-corrected chi connectivity index (χ2v) is 28.1. The Hall–Kier alpha value is -1.66. The number of hydrogen-bond donors (Lipinski definition) is 3. The predicted molar refractivity (Wildman–Crippen MR) is 389 cm³/mol. The Balaban J connectivity index is 3.27. The van der Waals surface area contributed by atoms with Crippen LogP contribution in [0.15, 0.2) is 24.3 Å². The van der Waals surface area contributed by atoms with Crippen molar-refractivity contribution >= 4 is 11.9 Å². The van der Waals surface area contributed by atoms with E-state index in [1.54, 1.807) is 0 Å². The zero-order chi connectivity index (χ0) is 63.5. The second kappa shape index (κ2) is 77.8. The molecule has 3 N–H and O–H groups in total. The highest BCUT2D eigenvalue weighted by molar-refractivity contribution is 5.76. The molecular weight excluding hydrogens is 1080 g/mol. The molecule has 6 nitrogen and oxygen atoms in total. The zero-order valence-electron chi connectivity index (χ0n) is 60.0. The lowest BCUT2D eigenvalue weighted by Gasteiger charge is -2.22. The molecule has 0 radical (unpaired) electrons. The van der Waals surface area contributed by atoms with E-state index in [0.717, 1.165) is 44.9 Å². The van der Waals surface area contributed by atoms with Crippen LogP contribution in [-0.4, -0.2) is 47.4 Å². The largest absolute Gasteiger partial charge is 0.466 e. The molecule has 0 aromatic heterocycles. The lowest BCUT2D eigenvalue weighted by Crippen LogP contribution is -2.45. The first kappa shape index (κ1) is 86.3. The van der Waals surface area contributed by atoms with Crippen LogP contribution in [0.4, 0.5) is 0 Å². The van der Waals surface area contributed by atoms with Crippen molar-refractivity contribution in [1.82, 2.24) is 5.32 Å². The van der Waals surface area contributed by atoms with E-state index in [9.17, 15) is 19.8 Å². The first-order valence-corrected chi connectivity index (χ1v) is 40.6. The number of esters is 1. The van der Waals surface area contributed by atoms with Gasteiger partial charge in [0.1, 0.15) is 0 Å². The molecule has 0 rings (SSSR count). The van der Waals surface area contributed by atoms with Crippen LogP contribution < -0.4 is 5.32 Å². The number of aliphatic hydroxyl groups is 2. The molecule has 88 heavy (non-hydrogen) atoms. The quantitative estimate of drug-likeness (QED) is 0.0320. The lowest BCUT2D eigenvalue weighted by atomic mass is 10.0. The molecule has 0 aliphatic rings. The monoisotopic (exact) mass is 1240 g/mol. The first-order chi connectivity index (χ1) is 43.5. The fourth-order valence-corrected chi connectivity index (χ4v) is 13.1. The molecule has 0 aromatic rings. The van der Waals surface area contributed by atoms with Crippen molar-refractivity contribution in [2.45, 2.75) is 475 Å². The molecule has 0 saturated heterocycles. The SMILES string of the molecule is CCCCC/C=C\C/C=C\CCCCCCCCCCCC(=O)OCCCCCCCCCCCCCCCCCCCCCCCCCCCCCCCCCCCCCCCCCC(=O)NC(CO)C(O)CCCCCCCCCCCCCCC. The van der Waals surface area contributed by atoms with Crippen molar-refractivity contribution in [1.29, 1.82) is 0 Å². The number of rotatable bonds is 77. The summed E-state index contributed by atoms with van der Waals surface area (Å²) in [5, 5.41) is 23.3. The minimum absolute atomic E-state index is 0.0211. The molecule has 0 aliphatic heterocycles. The van der Waals surface area contributed by atoms with E-state index in [-0.39, 0.29) is 18.5 Å². The van der Waals surface area contributed by atoms with Crippen molar-refractivity contribution in [2.24, 2.45) is 0 Å². The van der Waals surface area contributed by atoms with Gasteiger partial charge >= 0.3 is 5.97 Å². The summed E-state index contributed by atoms with van der Waals surface area (Å²) in [6.45, 7) is 4.97. The number of aliphatic hydroxyl groups excluding tert-OH is 2. The maximum Gasteiger partial charge on any atom is 0.305 e. The molecule has 2 atom stereocenters. The molecule has 0 aromatic carbocycles. The third-order valence-electron chi connectivity index (χ3n) is 19.3. The Bertz CT molecular complexity index is 1380. The van der Waals surface area contributed by atoms with E-state index in [4.69, 9.17) is 4.74 Å². The van der Waals surface area contributed by atoms with Gasteiger partial charge in [0, 0.05) is 12.8 Å². The van der Waals surface area contributed by atoms with Crippen molar-refractivity contribution in [3.05, 3.63) is 24.3 Å². The zero-order valence-corrected chi connectivity index (χ0v) is 60.0. The number of hydrogen-bond acceptors (Lipinski definition) is 5. The van der Waals surface area contributed by atoms with E-state index in [2.05, 4.69) is 43.5 Å². The first-order valence-electron chi connectivity index (χ1n) is 40.6. The van der Waals surface area contributed by atoms with Crippen LogP contribution in [0.1, 0.15) is 463 Å². The van der Waals surface area contributed by atoms with E-state index in [1.807, 2.05) is 0 Å². The summed E-state index contributed by atoms with van der Waals surface area (Å²) in [7, 11) is 0. The maximum atomic E-state index is 12.5. The van der Waals surface area contributed by atoms with Crippen LogP contribution >= 0.6 is 0 Å². The highest BCUT2D eigenvalue weighted by Crippen LogP contribution is 2.20. The average molecular weight is 1240 g/mol. The normalized spacial score (nSPS) is 12.5. The molecule has 0 spiro atoms. The second-order valence-electron chi connectivity index (χ2n) is 28.1. The topological polar surface area (TPSA) is 95.9 Å². The van der Waals surface area contributed by atoms with E-state index in [0.29, 0.717) is 25.9 Å². The van der Waals surface area contributed by atoms with Crippen LogP contribution in [0, 0.1) is 0 Å². The summed E-state index contributed by atoms with van der Waals surface area (Å²) < 4.78 is 5.52. The van der Waals surface area contributed by atoms with Gasteiger partial charge in [-0.3, -0.25) is 9.59 Å². The van der Waals surface area contributed by atoms with Crippen molar-refractivity contribution in [3.63, 3.8) is 0 Å². The minimum atomic E-state index is -0.659. The molecule has 0 heterocycles. The molecule has 1 amide bonds. The lowest BCUT2D eigenvalue weighted by molar-refractivity contribution is -0.143. The van der Waals surface area contributed by atoms with Gasteiger partial charge in [0.2, 0.25) is 5.91 Å². The summed E-state index contributed by atoms with van der Waals surface area (Å²) in [5.41, 5.74) is 0. The van der Waals surface area contributed by atoms with Crippen LogP contribution in [-0.2, 0) is 14.3 Å². The number of carbonyl (C=O) groups excluding carboxylic acids is 2. The van der Waals surface area contributed by atoms with E-state index < -0.39 is 12.1 Å². The van der Waals surface area contributed by atoms with Gasteiger partial charge in [-0.2, -0.15) is 0 Å². The number of nitrogens with one attached hydrogen (secondary N) is 1. The Labute approximate surface area is 551 Å². The fourth-order valence-electron chi connectivity index (χ4n) is 13.1. The Kier molecular flexibility index (Phi) is 76.3. The standard InChI is InChI=1S/C82H159NO5/c1-3-5-7-9-11-13-15-17-18-19-41-45-48-52-56-60-64-68-72-76-82(87)88-77-73-69-65-61-57-53-49-46-43-40-38-36-34-32-30-28-26-24-22-20-21-23-25-27-29-31-33-35-37-39-42-44-47-51-55-59-63-67-71-75-81(86)83-79(78-84)80(85)74-70-66-62-58-54-50-16-14-12-10-8-6-4-2/h11,13,17-18,79-80,84-85H,3-10,12,14-16,19-78H2,1-2H3,(H,83,86)/b13-11-,18-17-. The molecule has 0 aliphatic carbocycles. The molecule has 6 heteroatoms. The highest BCUT2D eigenvalue weighted by atomic mass is 16.5. The van der Waals surface area contributed by atoms with Crippen LogP contribution in [0.3, 0.4) is 0 Å². The van der Waals surface area contributed by atoms with Gasteiger partial charge in [-0.1, -0.05) is 417 Å². The predicted octanol–water partition coefficient (Wildman–Crippen LogP) is 26.8. The minimum Gasteiger partial charge on any atom is -0.466 e. The van der Waals surface area contributed by atoms with Gasteiger partial charge in [-0.05, 0) is 57.8 Å². The summed E-state index contributed by atoms with van der Waals surface area (Å²) >= 11 is 0. The van der Waals surface area contributed by atoms with Gasteiger partial charge < -0.3 is 20.3 Å². The molecule has 2 unspecified atom stereocenters. The van der Waals surface area contributed by atoms with Crippen molar-refractivity contribution in [3.8, 4) is 0 Å². The maximum absolute atomic E-state index is 12.5. The molecule has 0 bridgehead atoms.